The third kappa shape index (κ3) is 5.86. The van der Waals surface area contributed by atoms with E-state index in [0.29, 0.717) is 6.92 Å². The minimum absolute atomic E-state index is 0.185. The highest BCUT2D eigenvalue weighted by Crippen LogP contribution is 2.56. The Morgan fingerprint density at radius 2 is 1.23 bits per heavy atom. The van der Waals surface area contributed by atoms with Gasteiger partial charge in [0.2, 0.25) is 0 Å². The van der Waals surface area contributed by atoms with Gasteiger partial charge in [0.25, 0.3) is 11.2 Å². The standard InChI is InChI=1S/C20H24F12O3/c1-3-33-10-34-15(17(21,22)23,18(24,25)26)8-11(2)9-16(19(27,28)29,20(30,31)32)35-14-7-12-4-5-13(14)6-12/h4-5,11-14H,3,6-10H2,1-2H3. The Morgan fingerprint density at radius 1 is 0.743 bits per heavy atom. The molecule has 206 valence electrons. The van der Waals surface area contributed by atoms with Crippen molar-refractivity contribution in [2.24, 2.45) is 17.8 Å². The Balaban J connectivity index is 2.44. The van der Waals surface area contributed by atoms with Crippen LogP contribution in [-0.2, 0) is 14.2 Å². The van der Waals surface area contributed by atoms with Crippen LogP contribution in [0.5, 0.6) is 0 Å². The van der Waals surface area contributed by atoms with Crippen molar-refractivity contribution in [3.63, 3.8) is 0 Å². The van der Waals surface area contributed by atoms with Crippen molar-refractivity contribution < 1.29 is 66.9 Å². The van der Waals surface area contributed by atoms with Gasteiger partial charge >= 0.3 is 24.7 Å². The fourth-order valence-electron chi connectivity index (χ4n) is 4.59. The molecule has 0 saturated heterocycles. The van der Waals surface area contributed by atoms with Crippen LogP contribution in [0.1, 0.15) is 39.5 Å². The van der Waals surface area contributed by atoms with Gasteiger partial charge in [-0.25, -0.2) is 0 Å². The third-order valence-electron chi connectivity index (χ3n) is 6.27. The Bertz CT molecular complexity index is 710. The van der Waals surface area contributed by atoms with Crippen LogP contribution in [0, 0.1) is 17.8 Å². The van der Waals surface area contributed by atoms with Gasteiger partial charge in [-0.3, -0.25) is 0 Å². The normalized spacial score (nSPS) is 24.9. The van der Waals surface area contributed by atoms with Gasteiger partial charge in [0.05, 0.1) is 6.10 Å². The SMILES string of the molecule is CCOCOC(CC(C)CC(OC1CC2C=CC1C2)(C(F)(F)F)C(F)(F)F)(C(F)(F)F)C(F)(F)F. The highest BCUT2D eigenvalue weighted by molar-refractivity contribution is 5.12. The molecule has 0 aromatic heterocycles. The zero-order valence-corrected chi connectivity index (χ0v) is 18.5. The Labute approximate surface area is 192 Å². The zero-order valence-electron chi connectivity index (χ0n) is 18.5. The largest absolute Gasteiger partial charge is 0.426 e. The summed E-state index contributed by atoms with van der Waals surface area (Å²) in [6, 6.07) is 0. The number of rotatable bonds is 10. The van der Waals surface area contributed by atoms with Gasteiger partial charge in [-0.2, -0.15) is 52.7 Å². The van der Waals surface area contributed by atoms with Crippen LogP contribution in [0.15, 0.2) is 12.2 Å². The fourth-order valence-corrected chi connectivity index (χ4v) is 4.59. The summed E-state index contributed by atoms with van der Waals surface area (Å²) < 4.78 is 178. The smallest absolute Gasteiger partial charge is 0.356 e. The summed E-state index contributed by atoms with van der Waals surface area (Å²) in [7, 11) is 0. The van der Waals surface area contributed by atoms with E-state index in [4.69, 9.17) is 0 Å². The Kier molecular flexibility index (Phi) is 8.50. The quantitative estimate of drug-likeness (QED) is 0.128. The van der Waals surface area contributed by atoms with Crippen LogP contribution in [0.3, 0.4) is 0 Å². The first kappa shape index (κ1) is 30.0. The average molecular weight is 540 g/mol. The minimum atomic E-state index is -6.23. The van der Waals surface area contributed by atoms with E-state index in [1.54, 1.807) is 6.08 Å². The molecule has 2 rings (SSSR count). The highest BCUT2D eigenvalue weighted by Gasteiger charge is 2.76. The molecule has 0 heterocycles. The molecule has 0 N–H and O–H groups in total. The lowest BCUT2D eigenvalue weighted by atomic mass is 9.81. The predicted molar refractivity (Wildman–Crippen MR) is 95.9 cm³/mol. The first-order valence-corrected chi connectivity index (χ1v) is 10.6. The monoisotopic (exact) mass is 540 g/mol. The number of alkyl halides is 12. The molecule has 1 saturated carbocycles. The second-order valence-electron chi connectivity index (χ2n) is 8.85. The number of hydrogen-bond donors (Lipinski definition) is 0. The fraction of sp³-hybridized carbons (Fsp3) is 0.900. The maximum atomic E-state index is 13.9. The van der Waals surface area contributed by atoms with E-state index in [1.165, 1.54) is 13.0 Å². The molecular formula is C20H24F12O3. The van der Waals surface area contributed by atoms with Crippen molar-refractivity contribution >= 4 is 0 Å². The average Bonchev–Trinajstić information content (AvgIpc) is 3.26. The summed E-state index contributed by atoms with van der Waals surface area (Å²) in [4.78, 5) is 0. The zero-order chi connectivity index (χ0) is 27.1. The van der Waals surface area contributed by atoms with Crippen molar-refractivity contribution in [3.05, 3.63) is 12.2 Å². The van der Waals surface area contributed by atoms with Crippen LogP contribution in [0.25, 0.3) is 0 Å². The summed E-state index contributed by atoms with van der Waals surface area (Å²) >= 11 is 0. The molecule has 35 heavy (non-hydrogen) atoms. The summed E-state index contributed by atoms with van der Waals surface area (Å²) in [5, 5.41) is 0. The molecule has 2 aliphatic rings. The van der Waals surface area contributed by atoms with Crippen molar-refractivity contribution in [3.8, 4) is 0 Å². The number of hydrogen-bond acceptors (Lipinski definition) is 3. The molecule has 0 amide bonds. The van der Waals surface area contributed by atoms with Crippen molar-refractivity contribution in [1.29, 1.82) is 0 Å². The van der Waals surface area contributed by atoms with Gasteiger partial charge in [0.15, 0.2) is 0 Å². The molecule has 0 spiro atoms. The van der Waals surface area contributed by atoms with E-state index < -0.39 is 73.5 Å². The molecule has 2 aliphatic carbocycles. The lowest BCUT2D eigenvalue weighted by molar-refractivity contribution is -0.406. The molecule has 2 bridgehead atoms. The van der Waals surface area contributed by atoms with Gasteiger partial charge in [-0.1, -0.05) is 19.1 Å². The van der Waals surface area contributed by atoms with Crippen LogP contribution >= 0.6 is 0 Å². The first-order valence-electron chi connectivity index (χ1n) is 10.6. The molecule has 0 aromatic rings. The van der Waals surface area contributed by atoms with Gasteiger partial charge in [-0.05, 0) is 44.4 Å². The molecule has 0 aliphatic heterocycles. The van der Waals surface area contributed by atoms with E-state index in [2.05, 4.69) is 14.2 Å². The molecular weight excluding hydrogens is 516 g/mol. The van der Waals surface area contributed by atoms with Gasteiger partial charge in [0.1, 0.15) is 6.79 Å². The van der Waals surface area contributed by atoms with Crippen molar-refractivity contribution in [2.45, 2.75) is 81.5 Å². The van der Waals surface area contributed by atoms with Crippen molar-refractivity contribution in [1.82, 2.24) is 0 Å². The molecule has 1 fully saturated rings. The first-order chi connectivity index (χ1) is 15.7. The second kappa shape index (κ2) is 9.92. The van der Waals surface area contributed by atoms with Gasteiger partial charge < -0.3 is 14.2 Å². The molecule has 0 aromatic carbocycles. The molecule has 4 unspecified atom stereocenters. The van der Waals surface area contributed by atoms with Crippen LogP contribution in [0.2, 0.25) is 0 Å². The molecule has 15 heteroatoms. The van der Waals surface area contributed by atoms with Gasteiger partial charge in [-0.15, -0.1) is 0 Å². The predicted octanol–water partition coefficient (Wildman–Crippen LogP) is 7.12. The minimum Gasteiger partial charge on any atom is -0.356 e. The number of fused-ring (bicyclic) bond motifs is 2. The summed E-state index contributed by atoms with van der Waals surface area (Å²) in [6.07, 6.45) is -27.8. The van der Waals surface area contributed by atoms with E-state index in [-0.39, 0.29) is 25.4 Å². The van der Waals surface area contributed by atoms with E-state index in [0.717, 1.165) is 0 Å². The third-order valence-corrected chi connectivity index (χ3v) is 6.27. The number of halogens is 12. The van der Waals surface area contributed by atoms with E-state index in [1.807, 2.05) is 0 Å². The summed E-state index contributed by atoms with van der Waals surface area (Å²) in [5.74, 6) is -3.56. The maximum Gasteiger partial charge on any atom is 0.426 e. The number of allylic oxidation sites excluding steroid dienone is 1. The Morgan fingerprint density at radius 3 is 1.60 bits per heavy atom. The molecule has 3 nitrogen and oxygen atoms in total. The van der Waals surface area contributed by atoms with E-state index in [9.17, 15) is 52.7 Å². The summed E-state index contributed by atoms with van der Waals surface area (Å²) in [6.45, 7) is -0.261. The molecule has 0 radical (unpaired) electrons. The van der Waals surface area contributed by atoms with Crippen LogP contribution < -0.4 is 0 Å². The Hall–Kier alpha value is -1.22. The maximum absolute atomic E-state index is 13.9. The lowest BCUT2D eigenvalue weighted by Gasteiger charge is -2.43. The van der Waals surface area contributed by atoms with Crippen LogP contribution in [0.4, 0.5) is 52.7 Å². The topological polar surface area (TPSA) is 27.7 Å². The lowest BCUT2D eigenvalue weighted by Crippen LogP contribution is -2.63. The second-order valence-corrected chi connectivity index (χ2v) is 8.85. The number of ether oxygens (including phenoxy) is 3. The molecule has 4 atom stereocenters. The van der Waals surface area contributed by atoms with Crippen LogP contribution in [-0.4, -0.2) is 55.4 Å². The van der Waals surface area contributed by atoms with Crippen molar-refractivity contribution in [2.75, 3.05) is 13.4 Å². The van der Waals surface area contributed by atoms with Gasteiger partial charge in [0, 0.05) is 12.5 Å². The highest BCUT2D eigenvalue weighted by atomic mass is 19.4. The van der Waals surface area contributed by atoms with E-state index >= 15 is 0 Å². The summed E-state index contributed by atoms with van der Waals surface area (Å²) in [5.41, 5.74) is -10.0.